The van der Waals surface area contributed by atoms with Crippen molar-refractivity contribution in [3.05, 3.63) is 139 Å². The molecule has 0 bridgehead atoms. The zero-order valence-corrected chi connectivity index (χ0v) is 23.4. The summed E-state index contributed by atoms with van der Waals surface area (Å²) in [6.45, 7) is 0.121. The molecular formula is C33H26ClN3O5. The Balaban J connectivity index is 1.58. The molecule has 7 rings (SSSR count). The number of nitrogens with zero attached hydrogens (tertiary/aromatic N) is 3. The molecule has 4 atom stereocenters. The van der Waals surface area contributed by atoms with Crippen molar-refractivity contribution in [1.82, 2.24) is 13.9 Å². The van der Waals surface area contributed by atoms with E-state index in [1.807, 2.05) is 54.6 Å². The van der Waals surface area contributed by atoms with Crippen LogP contribution in [0.4, 0.5) is 0 Å². The summed E-state index contributed by atoms with van der Waals surface area (Å²) in [4.78, 5) is 55.9. The molecule has 1 saturated carbocycles. The highest BCUT2D eigenvalue weighted by Crippen LogP contribution is 2.62. The number of halogens is 1. The lowest BCUT2D eigenvalue weighted by Gasteiger charge is -2.54. The van der Waals surface area contributed by atoms with Gasteiger partial charge in [0.25, 0.3) is 0 Å². The smallest absolute Gasteiger partial charge is 0.347 e. The second-order valence-corrected chi connectivity index (χ2v) is 11.5. The molecule has 4 aromatic rings. The average Bonchev–Trinajstić information content (AvgIpc) is 3.22. The highest BCUT2D eigenvalue weighted by Gasteiger charge is 2.63. The first kappa shape index (κ1) is 26.2. The summed E-state index contributed by atoms with van der Waals surface area (Å²) < 4.78 is 3.86. The van der Waals surface area contributed by atoms with Gasteiger partial charge in [-0.15, -0.1) is 0 Å². The maximum atomic E-state index is 14.8. The number of carbonyl (C=O) groups is 2. The summed E-state index contributed by atoms with van der Waals surface area (Å²) in [6.07, 6.45) is 3.47. The number of phenolic OH excluding ortho intramolecular Hbond substituents is 1. The third-order valence-electron chi connectivity index (χ3n) is 9.12. The Kier molecular flexibility index (Phi) is 5.88. The number of aromatic hydroxyl groups is 1. The minimum absolute atomic E-state index is 0.0375. The maximum Gasteiger partial charge on any atom is 0.347 e. The minimum atomic E-state index is -1.39. The number of rotatable bonds is 3. The summed E-state index contributed by atoms with van der Waals surface area (Å²) >= 11 is 6.82. The molecule has 2 aliphatic carbocycles. The SMILES string of the molecule is Cn1c(=O)n2n(c1=O)[C@@H]1C[C@H]3C(=O)C(c4ccccc4)=CC(=O)[C@@]3(c3ccccc3)[C@@H](c3ccc(O)cc3Cl)C1=CC2. The topological polar surface area (TPSA) is 103 Å². The molecule has 0 radical (unpaired) electrons. The molecule has 210 valence electrons. The van der Waals surface area contributed by atoms with Crippen LogP contribution in [0.5, 0.6) is 5.75 Å². The third-order valence-corrected chi connectivity index (χ3v) is 9.45. The van der Waals surface area contributed by atoms with Crippen molar-refractivity contribution >= 4 is 28.7 Å². The zero-order chi connectivity index (χ0) is 29.3. The number of hydrogen-bond donors (Lipinski definition) is 1. The van der Waals surface area contributed by atoms with Crippen LogP contribution in [-0.4, -0.2) is 30.6 Å². The molecule has 9 heteroatoms. The van der Waals surface area contributed by atoms with Crippen molar-refractivity contribution < 1.29 is 14.7 Å². The number of ketones is 2. The molecule has 1 aromatic heterocycles. The van der Waals surface area contributed by atoms with Gasteiger partial charge in [0.05, 0.1) is 18.0 Å². The number of fused-ring (bicyclic) bond motifs is 4. The van der Waals surface area contributed by atoms with Crippen LogP contribution in [-0.2, 0) is 28.6 Å². The first-order chi connectivity index (χ1) is 20.2. The van der Waals surface area contributed by atoms with Crippen LogP contribution in [0.3, 0.4) is 0 Å². The molecule has 2 heterocycles. The van der Waals surface area contributed by atoms with E-state index in [0.717, 1.165) is 10.1 Å². The van der Waals surface area contributed by atoms with Gasteiger partial charge >= 0.3 is 11.4 Å². The van der Waals surface area contributed by atoms with Crippen LogP contribution in [0.1, 0.15) is 35.1 Å². The highest BCUT2D eigenvalue weighted by molar-refractivity contribution is 6.33. The summed E-state index contributed by atoms with van der Waals surface area (Å²) in [5.74, 6) is -2.15. The van der Waals surface area contributed by atoms with E-state index in [0.29, 0.717) is 22.3 Å². The van der Waals surface area contributed by atoms with E-state index in [-0.39, 0.29) is 35.3 Å². The van der Waals surface area contributed by atoms with Gasteiger partial charge in [0.2, 0.25) is 0 Å². The second kappa shape index (κ2) is 9.42. The number of aromatic nitrogens is 3. The van der Waals surface area contributed by atoms with E-state index in [2.05, 4.69) is 0 Å². The highest BCUT2D eigenvalue weighted by atomic mass is 35.5. The Morgan fingerprint density at radius 3 is 2.29 bits per heavy atom. The summed E-state index contributed by atoms with van der Waals surface area (Å²) in [5.41, 5.74) is 0.556. The van der Waals surface area contributed by atoms with Crippen molar-refractivity contribution in [2.45, 2.75) is 30.3 Å². The number of benzene rings is 3. The quantitative estimate of drug-likeness (QED) is 0.367. The molecule has 3 aliphatic rings. The first-order valence-corrected chi connectivity index (χ1v) is 14.1. The summed E-state index contributed by atoms with van der Waals surface area (Å²) in [5, 5.41) is 10.5. The van der Waals surface area contributed by atoms with Gasteiger partial charge in [-0.1, -0.05) is 84.4 Å². The van der Waals surface area contributed by atoms with Crippen molar-refractivity contribution in [2.24, 2.45) is 13.0 Å². The maximum absolute atomic E-state index is 14.8. The second-order valence-electron chi connectivity index (χ2n) is 11.1. The summed E-state index contributed by atoms with van der Waals surface area (Å²) in [6, 6.07) is 22.2. The van der Waals surface area contributed by atoms with Gasteiger partial charge in [-0.3, -0.25) is 9.59 Å². The van der Waals surface area contributed by atoms with Crippen molar-refractivity contribution in [2.75, 3.05) is 0 Å². The third kappa shape index (κ3) is 3.48. The van der Waals surface area contributed by atoms with E-state index in [1.165, 1.54) is 34.6 Å². The molecule has 0 unspecified atom stereocenters. The number of carbonyl (C=O) groups excluding carboxylic acids is 2. The Labute approximate surface area is 245 Å². The number of hydrogen-bond acceptors (Lipinski definition) is 5. The van der Waals surface area contributed by atoms with Gasteiger partial charge < -0.3 is 5.11 Å². The average molecular weight is 580 g/mol. The van der Waals surface area contributed by atoms with E-state index in [9.17, 15) is 24.3 Å². The van der Waals surface area contributed by atoms with E-state index in [4.69, 9.17) is 11.6 Å². The fourth-order valence-corrected chi connectivity index (χ4v) is 7.62. The van der Waals surface area contributed by atoms with Gasteiger partial charge in [-0.2, -0.15) is 0 Å². The van der Waals surface area contributed by atoms with Gasteiger partial charge in [0.1, 0.15) is 5.75 Å². The molecule has 42 heavy (non-hydrogen) atoms. The molecule has 0 saturated heterocycles. The Bertz CT molecular complexity index is 1970. The van der Waals surface area contributed by atoms with Gasteiger partial charge in [0.15, 0.2) is 11.6 Å². The number of Topliss-reactive ketones (excluding diaryl/α,β-unsaturated/α-hetero) is 1. The lowest BCUT2D eigenvalue weighted by atomic mass is 9.47. The van der Waals surface area contributed by atoms with Crippen molar-refractivity contribution in [3.8, 4) is 5.75 Å². The number of phenols is 1. The van der Waals surface area contributed by atoms with Gasteiger partial charge in [-0.05, 0) is 46.9 Å². The fraction of sp³-hybridized carbons (Fsp3) is 0.212. The predicted molar refractivity (Wildman–Crippen MR) is 158 cm³/mol. The first-order valence-electron chi connectivity index (χ1n) is 13.7. The van der Waals surface area contributed by atoms with E-state index >= 15 is 0 Å². The largest absolute Gasteiger partial charge is 0.508 e. The molecule has 0 amide bonds. The monoisotopic (exact) mass is 579 g/mol. The van der Waals surface area contributed by atoms with E-state index < -0.39 is 34.7 Å². The molecule has 1 N–H and O–H groups in total. The Morgan fingerprint density at radius 1 is 0.905 bits per heavy atom. The normalized spacial score (nSPS) is 24.8. The van der Waals surface area contributed by atoms with Gasteiger partial charge in [0, 0.05) is 29.5 Å². The molecule has 0 spiro atoms. The molecule has 3 aromatic carbocycles. The van der Waals surface area contributed by atoms with Crippen LogP contribution in [0.15, 0.2) is 106 Å². The van der Waals surface area contributed by atoms with Crippen LogP contribution in [0.2, 0.25) is 5.02 Å². The number of allylic oxidation sites excluding steroid dienone is 4. The zero-order valence-electron chi connectivity index (χ0n) is 22.6. The molecular weight excluding hydrogens is 554 g/mol. The molecule has 1 aliphatic heterocycles. The van der Waals surface area contributed by atoms with Crippen LogP contribution >= 0.6 is 11.6 Å². The Hall–Kier alpha value is -4.69. The van der Waals surface area contributed by atoms with Gasteiger partial charge in [-0.25, -0.2) is 23.5 Å². The lowest BCUT2D eigenvalue weighted by Crippen LogP contribution is -2.58. The van der Waals surface area contributed by atoms with Crippen molar-refractivity contribution in [1.29, 1.82) is 0 Å². The van der Waals surface area contributed by atoms with Crippen LogP contribution in [0, 0.1) is 5.92 Å². The molecule has 1 fully saturated rings. The molecule has 8 nitrogen and oxygen atoms in total. The predicted octanol–water partition coefficient (Wildman–Crippen LogP) is 4.17. The van der Waals surface area contributed by atoms with Crippen LogP contribution in [0.25, 0.3) is 5.57 Å². The van der Waals surface area contributed by atoms with E-state index in [1.54, 1.807) is 18.2 Å². The fourth-order valence-electron chi connectivity index (χ4n) is 7.34. The summed E-state index contributed by atoms with van der Waals surface area (Å²) in [7, 11) is 1.43. The lowest BCUT2D eigenvalue weighted by molar-refractivity contribution is -0.133. The standard InChI is InChI=1S/C33H26ClN3O5/c1-35-31(41)36-15-14-23-27(37(36)32(35)42)18-25-30(40)24(19-8-4-2-5-9-19)17-28(39)33(25,20-10-6-3-7-11-20)29(23)22-13-12-21(38)16-26(22)34/h2-14,16-17,25,27,29,38H,15,18H2,1H3/t25-,27+,29-,33-/m0/s1. The van der Waals surface area contributed by atoms with Crippen molar-refractivity contribution in [3.63, 3.8) is 0 Å². The van der Waals surface area contributed by atoms with Crippen LogP contribution < -0.4 is 11.4 Å². The minimum Gasteiger partial charge on any atom is -0.508 e. The Morgan fingerprint density at radius 2 is 1.60 bits per heavy atom.